The first-order valence-corrected chi connectivity index (χ1v) is 9.47. The Hall–Kier alpha value is -3.53. The van der Waals surface area contributed by atoms with Crippen molar-refractivity contribution in [2.24, 2.45) is 0 Å². The van der Waals surface area contributed by atoms with Gasteiger partial charge in [0.2, 0.25) is 0 Å². The lowest BCUT2D eigenvalue weighted by Crippen LogP contribution is -2.00. The Kier molecular flexibility index (Phi) is 5.38. The maximum Gasteiger partial charge on any atom is 0.128 e. The Morgan fingerprint density at radius 1 is 0.857 bits per heavy atom. The number of nitrogens with one attached hydrogen (secondary N) is 1. The van der Waals surface area contributed by atoms with Crippen molar-refractivity contribution < 1.29 is 4.74 Å². The van der Waals surface area contributed by atoms with E-state index in [1.807, 2.05) is 60.7 Å². The van der Waals surface area contributed by atoms with Crippen LogP contribution in [0.4, 0.5) is 5.69 Å². The molecule has 3 aromatic carbocycles. The largest absolute Gasteiger partial charge is 0.493 e. The van der Waals surface area contributed by atoms with E-state index in [2.05, 4.69) is 34.5 Å². The van der Waals surface area contributed by atoms with Crippen LogP contribution in [0.3, 0.4) is 0 Å². The summed E-state index contributed by atoms with van der Waals surface area (Å²) >= 11 is 0. The summed E-state index contributed by atoms with van der Waals surface area (Å²) in [6.45, 7) is 0.669. The lowest BCUT2D eigenvalue weighted by atomic mass is 10.1. The number of aryl methyl sites for hydroxylation is 1. The first-order chi connectivity index (χ1) is 13.8. The Balaban J connectivity index is 1.46. The highest BCUT2D eigenvalue weighted by atomic mass is 16.5. The van der Waals surface area contributed by atoms with Gasteiger partial charge in [0.05, 0.1) is 18.0 Å². The van der Waals surface area contributed by atoms with Gasteiger partial charge in [-0.3, -0.25) is 5.10 Å². The molecule has 4 rings (SSSR count). The maximum absolute atomic E-state index is 6.08. The molecule has 140 valence electrons. The van der Waals surface area contributed by atoms with Gasteiger partial charge in [0.15, 0.2) is 0 Å². The van der Waals surface area contributed by atoms with Crippen LogP contribution < -0.4 is 10.5 Å². The summed E-state index contributed by atoms with van der Waals surface area (Å²) in [6.07, 6.45) is 1.97. The number of benzene rings is 3. The highest BCUT2D eigenvalue weighted by Crippen LogP contribution is 2.31. The summed E-state index contributed by atoms with van der Waals surface area (Å²) < 4.78 is 6.08. The summed E-state index contributed by atoms with van der Waals surface area (Å²) in [5.74, 6) is 0.860. The van der Waals surface area contributed by atoms with E-state index >= 15 is 0 Å². The van der Waals surface area contributed by atoms with E-state index in [0.29, 0.717) is 6.61 Å². The standard InChI is InChI=1S/C24H23N3O/c25-20-12-6-11-19(16-20)22-17-23(27-26-22)21-13-4-5-14-24(21)28-15-7-10-18-8-2-1-3-9-18/h1-6,8-9,11-14,16-17H,7,10,15,25H2,(H,26,27). The van der Waals surface area contributed by atoms with Crippen molar-refractivity contribution >= 4 is 5.69 Å². The number of H-pyrrole nitrogens is 1. The Bertz CT molecular complexity index is 1040. The first-order valence-electron chi connectivity index (χ1n) is 9.47. The van der Waals surface area contributed by atoms with Crippen molar-refractivity contribution in [2.45, 2.75) is 12.8 Å². The van der Waals surface area contributed by atoms with Crippen LogP contribution >= 0.6 is 0 Å². The monoisotopic (exact) mass is 369 g/mol. The van der Waals surface area contributed by atoms with Crippen LogP contribution in [0.5, 0.6) is 5.75 Å². The molecule has 0 atom stereocenters. The van der Waals surface area contributed by atoms with Gasteiger partial charge in [-0.05, 0) is 48.7 Å². The predicted molar refractivity (Wildman–Crippen MR) is 114 cm³/mol. The van der Waals surface area contributed by atoms with Crippen LogP contribution in [0.15, 0.2) is 84.9 Å². The normalized spacial score (nSPS) is 10.7. The number of para-hydroxylation sites is 1. The molecule has 0 aliphatic heterocycles. The van der Waals surface area contributed by atoms with E-state index < -0.39 is 0 Å². The van der Waals surface area contributed by atoms with Crippen molar-refractivity contribution in [3.63, 3.8) is 0 Å². The number of nitrogens with two attached hydrogens (primary N) is 1. The molecule has 4 heteroatoms. The molecule has 0 unspecified atom stereocenters. The molecule has 1 aromatic heterocycles. The molecule has 0 radical (unpaired) electrons. The molecule has 0 saturated carbocycles. The number of aromatic nitrogens is 2. The fourth-order valence-electron chi connectivity index (χ4n) is 3.22. The van der Waals surface area contributed by atoms with Gasteiger partial charge in [-0.15, -0.1) is 0 Å². The average molecular weight is 369 g/mol. The van der Waals surface area contributed by atoms with Crippen LogP contribution in [0.25, 0.3) is 22.5 Å². The summed E-state index contributed by atoms with van der Waals surface area (Å²) in [6, 6.07) is 28.3. The van der Waals surface area contributed by atoms with Gasteiger partial charge in [0.25, 0.3) is 0 Å². The average Bonchev–Trinajstić information content (AvgIpc) is 3.22. The van der Waals surface area contributed by atoms with Gasteiger partial charge in [-0.25, -0.2) is 0 Å². The summed E-state index contributed by atoms with van der Waals surface area (Å²) in [4.78, 5) is 0. The van der Waals surface area contributed by atoms with E-state index in [4.69, 9.17) is 10.5 Å². The number of rotatable bonds is 7. The molecule has 1 heterocycles. The number of aromatic amines is 1. The molecule has 0 spiro atoms. The maximum atomic E-state index is 6.08. The zero-order chi connectivity index (χ0) is 19.2. The van der Waals surface area contributed by atoms with Gasteiger partial charge >= 0.3 is 0 Å². The van der Waals surface area contributed by atoms with Gasteiger partial charge < -0.3 is 10.5 Å². The van der Waals surface area contributed by atoms with Crippen molar-refractivity contribution in [2.75, 3.05) is 12.3 Å². The molecular weight excluding hydrogens is 346 g/mol. The summed E-state index contributed by atoms with van der Waals surface area (Å²) in [5.41, 5.74) is 11.7. The number of hydrogen-bond acceptors (Lipinski definition) is 3. The molecule has 28 heavy (non-hydrogen) atoms. The Morgan fingerprint density at radius 3 is 2.54 bits per heavy atom. The number of anilines is 1. The minimum absolute atomic E-state index is 0.669. The van der Waals surface area contributed by atoms with Crippen molar-refractivity contribution in [3.8, 4) is 28.3 Å². The predicted octanol–water partition coefficient (Wildman–Crippen LogP) is 5.34. The lowest BCUT2D eigenvalue weighted by Gasteiger charge is -2.10. The number of nitrogen functional groups attached to an aromatic ring is 1. The molecule has 4 aromatic rings. The summed E-state index contributed by atoms with van der Waals surface area (Å²) in [5, 5.41) is 7.57. The Labute approximate surface area is 165 Å². The molecule has 4 nitrogen and oxygen atoms in total. The molecule has 0 fully saturated rings. The van der Waals surface area contributed by atoms with Crippen molar-refractivity contribution in [1.82, 2.24) is 10.2 Å². The fourth-order valence-corrected chi connectivity index (χ4v) is 3.22. The number of hydrogen-bond donors (Lipinski definition) is 2. The van der Waals surface area contributed by atoms with E-state index in [0.717, 1.165) is 46.8 Å². The van der Waals surface area contributed by atoms with E-state index in [1.165, 1.54) is 5.56 Å². The van der Waals surface area contributed by atoms with Crippen LogP contribution in [-0.4, -0.2) is 16.8 Å². The minimum atomic E-state index is 0.669. The minimum Gasteiger partial charge on any atom is -0.493 e. The van der Waals surface area contributed by atoms with Crippen LogP contribution in [0, 0.1) is 0 Å². The van der Waals surface area contributed by atoms with Gasteiger partial charge in [-0.2, -0.15) is 5.10 Å². The third-order valence-corrected chi connectivity index (χ3v) is 4.65. The van der Waals surface area contributed by atoms with Gasteiger partial charge in [-0.1, -0.05) is 54.6 Å². The topological polar surface area (TPSA) is 63.9 Å². The van der Waals surface area contributed by atoms with Crippen LogP contribution in [-0.2, 0) is 6.42 Å². The molecule has 0 aliphatic rings. The highest BCUT2D eigenvalue weighted by Gasteiger charge is 2.10. The lowest BCUT2D eigenvalue weighted by molar-refractivity contribution is 0.312. The molecule has 0 aliphatic carbocycles. The molecule has 0 amide bonds. The molecule has 0 saturated heterocycles. The van der Waals surface area contributed by atoms with E-state index in [1.54, 1.807) is 0 Å². The molecule has 3 N–H and O–H groups in total. The third-order valence-electron chi connectivity index (χ3n) is 4.65. The zero-order valence-corrected chi connectivity index (χ0v) is 15.6. The second kappa shape index (κ2) is 8.44. The van der Waals surface area contributed by atoms with Crippen LogP contribution in [0.1, 0.15) is 12.0 Å². The number of ether oxygens (including phenoxy) is 1. The zero-order valence-electron chi connectivity index (χ0n) is 15.6. The SMILES string of the molecule is Nc1cccc(-c2cc(-c3ccccc3OCCCc3ccccc3)[nH]n2)c1. The summed E-state index contributed by atoms with van der Waals surface area (Å²) in [7, 11) is 0. The molecule has 0 bridgehead atoms. The third kappa shape index (κ3) is 4.23. The molecular formula is C24H23N3O. The van der Waals surface area contributed by atoms with Crippen LogP contribution in [0.2, 0.25) is 0 Å². The van der Waals surface area contributed by atoms with E-state index in [9.17, 15) is 0 Å². The van der Waals surface area contributed by atoms with Crippen molar-refractivity contribution in [3.05, 3.63) is 90.5 Å². The second-order valence-corrected chi connectivity index (χ2v) is 6.73. The fraction of sp³-hybridized carbons (Fsp3) is 0.125. The second-order valence-electron chi connectivity index (χ2n) is 6.73. The van der Waals surface area contributed by atoms with Crippen molar-refractivity contribution in [1.29, 1.82) is 0 Å². The first kappa shape index (κ1) is 17.9. The van der Waals surface area contributed by atoms with Gasteiger partial charge in [0, 0.05) is 16.8 Å². The number of nitrogens with zero attached hydrogens (tertiary/aromatic N) is 1. The smallest absolute Gasteiger partial charge is 0.128 e. The quantitative estimate of drug-likeness (QED) is 0.341. The van der Waals surface area contributed by atoms with E-state index in [-0.39, 0.29) is 0 Å². The van der Waals surface area contributed by atoms with Gasteiger partial charge in [0.1, 0.15) is 5.75 Å². The Morgan fingerprint density at radius 2 is 1.68 bits per heavy atom. The highest BCUT2D eigenvalue weighted by molar-refractivity contribution is 5.73.